The van der Waals surface area contributed by atoms with Crippen molar-refractivity contribution in [3.8, 4) is 0 Å². The van der Waals surface area contributed by atoms with Crippen molar-refractivity contribution in [3.05, 3.63) is 59.8 Å². The van der Waals surface area contributed by atoms with Crippen LogP contribution >= 0.6 is 0 Å². The summed E-state index contributed by atoms with van der Waals surface area (Å²) in [5.74, 6) is 0.861. The van der Waals surface area contributed by atoms with Crippen LogP contribution < -0.4 is 5.73 Å². The molecule has 2 N–H and O–H groups in total. The highest BCUT2D eigenvalue weighted by Crippen LogP contribution is 2.24. The molecule has 0 saturated heterocycles. The molecule has 0 radical (unpaired) electrons. The van der Waals surface area contributed by atoms with E-state index in [-0.39, 0.29) is 0 Å². The molecule has 0 heterocycles. The summed E-state index contributed by atoms with van der Waals surface area (Å²) < 4.78 is 0. The summed E-state index contributed by atoms with van der Waals surface area (Å²) in [6, 6.07) is 2.35. The van der Waals surface area contributed by atoms with Crippen LogP contribution in [0.3, 0.4) is 0 Å². The molecule has 22 heavy (non-hydrogen) atoms. The van der Waals surface area contributed by atoms with Gasteiger partial charge in [0.15, 0.2) is 0 Å². The fourth-order valence-electron chi connectivity index (χ4n) is 2.75. The van der Waals surface area contributed by atoms with Gasteiger partial charge in [0.05, 0.1) is 0 Å². The Morgan fingerprint density at radius 2 is 1.55 bits per heavy atom. The van der Waals surface area contributed by atoms with Gasteiger partial charge in [-0.1, -0.05) is 39.3 Å². The van der Waals surface area contributed by atoms with Crippen molar-refractivity contribution in [2.45, 2.75) is 67.2 Å². The third-order valence-electron chi connectivity index (χ3n) is 4.18. The second-order valence-corrected chi connectivity index (χ2v) is 5.91. The first kappa shape index (κ1) is 22.8. The molecule has 1 unspecified atom stereocenters. The van der Waals surface area contributed by atoms with Crippen LogP contribution in [0.1, 0.15) is 60.9 Å². The molecule has 0 amide bonds. The summed E-state index contributed by atoms with van der Waals surface area (Å²) in [4.78, 5) is 0. The fourth-order valence-corrected chi connectivity index (χ4v) is 2.75. The largest absolute Gasteiger partial charge is 0.405 e. The lowest BCUT2D eigenvalue weighted by molar-refractivity contribution is 0.485. The molecule has 0 aromatic heterocycles. The summed E-state index contributed by atoms with van der Waals surface area (Å²) >= 11 is 0. The normalized spacial score (nSPS) is 10.6. The number of benzene rings is 1. The Morgan fingerprint density at radius 3 is 2.00 bits per heavy atom. The number of hydrogen-bond donors (Lipinski definition) is 1. The Morgan fingerprint density at radius 1 is 1.05 bits per heavy atom. The second-order valence-electron chi connectivity index (χ2n) is 5.91. The number of nitrogens with two attached hydrogens (primary N) is 1. The summed E-state index contributed by atoms with van der Waals surface area (Å²) in [5.41, 5.74) is 12.1. The first-order valence-corrected chi connectivity index (χ1v) is 8.27. The monoisotopic (exact) mass is 303 g/mol. The van der Waals surface area contributed by atoms with Crippen LogP contribution in [-0.2, 0) is 6.42 Å². The zero-order chi connectivity index (χ0) is 17.7. The summed E-state index contributed by atoms with van der Waals surface area (Å²) in [5, 5.41) is 0. The van der Waals surface area contributed by atoms with Crippen LogP contribution in [0.2, 0.25) is 0 Å². The fraction of sp³-hybridized carbons (Fsp3) is 0.524. The van der Waals surface area contributed by atoms with E-state index in [1.165, 1.54) is 54.1 Å². The molecule has 0 aliphatic rings. The van der Waals surface area contributed by atoms with E-state index < -0.39 is 0 Å². The molecule has 0 spiro atoms. The van der Waals surface area contributed by atoms with Gasteiger partial charge in [0.1, 0.15) is 0 Å². The van der Waals surface area contributed by atoms with Gasteiger partial charge in [0.25, 0.3) is 0 Å². The quantitative estimate of drug-likeness (QED) is 0.646. The molecule has 0 fully saturated rings. The predicted molar refractivity (Wildman–Crippen MR) is 103 cm³/mol. The molecular formula is C21H37N. The molecule has 0 saturated carbocycles. The average molecular weight is 304 g/mol. The minimum Gasteiger partial charge on any atom is -0.405 e. The highest BCUT2D eigenvalue weighted by Gasteiger charge is 2.09. The maximum atomic E-state index is 4.61. The topological polar surface area (TPSA) is 26.0 Å². The Hall–Kier alpha value is -1.50. The SMILES string of the molecule is C=C.C=CN.CCCC(C)CCc1c(C)cc(C)c(C)c1C. The van der Waals surface area contributed by atoms with Crippen LogP contribution in [0.25, 0.3) is 0 Å². The van der Waals surface area contributed by atoms with E-state index >= 15 is 0 Å². The van der Waals surface area contributed by atoms with Crippen LogP contribution in [0, 0.1) is 33.6 Å². The van der Waals surface area contributed by atoms with Crippen molar-refractivity contribution in [3.63, 3.8) is 0 Å². The zero-order valence-electron chi connectivity index (χ0n) is 15.8. The van der Waals surface area contributed by atoms with E-state index in [2.05, 4.69) is 73.1 Å². The standard InChI is InChI=1S/C17H28.C2H5N.C2H4/c1-7-8-12(2)9-10-17-14(4)11-13(3)15(5)16(17)6;1-2-3;1-2/h11-12H,7-10H2,1-6H3;2H,1,3H2;1-2H2. The molecule has 1 aromatic rings. The van der Waals surface area contributed by atoms with Gasteiger partial charge in [0.2, 0.25) is 0 Å². The minimum atomic E-state index is 0.861. The van der Waals surface area contributed by atoms with Gasteiger partial charge in [-0.15, -0.1) is 13.2 Å². The maximum absolute atomic E-state index is 4.61. The number of rotatable bonds is 5. The van der Waals surface area contributed by atoms with Crippen molar-refractivity contribution in [1.29, 1.82) is 0 Å². The first-order valence-electron chi connectivity index (χ1n) is 8.27. The third-order valence-corrected chi connectivity index (χ3v) is 4.18. The molecule has 1 atom stereocenters. The average Bonchev–Trinajstić information content (AvgIpc) is 2.48. The summed E-state index contributed by atoms with van der Waals surface area (Å²) in [6.07, 6.45) is 6.51. The van der Waals surface area contributed by atoms with Gasteiger partial charge in [-0.05, 0) is 80.5 Å². The Bertz CT molecular complexity index is 432. The first-order chi connectivity index (χ1) is 10.4. The highest BCUT2D eigenvalue weighted by molar-refractivity contribution is 5.43. The van der Waals surface area contributed by atoms with E-state index in [0.29, 0.717) is 0 Å². The summed E-state index contributed by atoms with van der Waals surface area (Å²) in [6.45, 7) is 22.8. The van der Waals surface area contributed by atoms with E-state index in [1.54, 1.807) is 5.56 Å². The molecule has 1 rings (SSSR count). The second kappa shape index (κ2) is 13.2. The molecule has 0 aliphatic heterocycles. The van der Waals surface area contributed by atoms with Crippen LogP contribution in [-0.4, -0.2) is 0 Å². The van der Waals surface area contributed by atoms with Crippen molar-refractivity contribution in [2.24, 2.45) is 11.7 Å². The molecule has 1 nitrogen and oxygen atoms in total. The molecule has 1 heteroatoms. The van der Waals surface area contributed by atoms with Gasteiger partial charge in [-0.25, -0.2) is 0 Å². The lowest BCUT2D eigenvalue weighted by Crippen LogP contribution is -2.03. The molecular weight excluding hydrogens is 266 g/mol. The Kier molecular flexibility index (Phi) is 13.6. The summed E-state index contributed by atoms with van der Waals surface area (Å²) in [7, 11) is 0. The maximum Gasteiger partial charge on any atom is -0.0136 e. The number of aryl methyl sites for hydroxylation is 2. The molecule has 1 aromatic carbocycles. The van der Waals surface area contributed by atoms with Gasteiger partial charge in [-0.2, -0.15) is 0 Å². The van der Waals surface area contributed by atoms with Crippen molar-refractivity contribution < 1.29 is 0 Å². The Balaban J connectivity index is 0. The minimum absolute atomic E-state index is 0.861. The molecule has 0 bridgehead atoms. The van der Waals surface area contributed by atoms with E-state index in [4.69, 9.17) is 0 Å². The van der Waals surface area contributed by atoms with Crippen molar-refractivity contribution in [1.82, 2.24) is 0 Å². The highest BCUT2D eigenvalue weighted by atomic mass is 14.5. The molecule has 126 valence electrons. The van der Waals surface area contributed by atoms with Crippen LogP contribution in [0.5, 0.6) is 0 Å². The smallest absolute Gasteiger partial charge is 0.0136 e. The van der Waals surface area contributed by atoms with Crippen molar-refractivity contribution in [2.75, 3.05) is 0 Å². The third kappa shape index (κ3) is 8.07. The lowest BCUT2D eigenvalue weighted by atomic mass is 9.89. The number of hydrogen-bond acceptors (Lipinski definition) is 1. The van der Waals surface area contributed by atoms with E-state index in [0.717, 1.165) is 5.92 Å². The van der Waals surface area contributed by atoms with Crippen LogP contribution in [0.15, 0.2) is 32.0 Å². The Labute approximate surface area is 139 Å². The van der Waals surface area contributed by atoms with Gasteiger partial charge < -0.3 is 5.73 Å². The van der Waals surface area contributed by atoms with Crippen LogP contribution in [0.4, 0.5) is 0 Å². The van der Waals surface area contributed by atoms with Crippen molar-refractivity contribution >= 4 is 0 Å². The molecule has 0 aliphatic carbocycles. The lowest BCUT2D eigenvalue weighted by Gasteiger charge is -2.17. The van der Waals surface area contributed by atoms with Gasteiger partial charge in [0, 0.05) is 0 Å². The van der Waals surface area contributed by atoms with Gasteiger partial charge in [-0.3, -0.25) is 0 Å². The van der Waals surface area contributed by atoms with Gasteiger partial charge >= 0.3 is 0 Å². The predicted octanol–water partition coefficient (Wildman–Crippen LogP) is 6.18. The van der Waals surface area contributed by atoms with E-state index in [1.807, 2.05) is 0 Å². The van der Waals surface area contributed by atoms with E-state index in [9.17, 15) is 0 Å². The zero-order valence-corrected chi connectivity index (χ0v) is 15.8.